The van der Waals surface area contributed by atoms with Gasteiger partial charge in [0, 0.05) is 29.9 Å². The molecular weight excluding hydrogens is 455 g/mol. The van der Waals surface area contributed by atoms with Crippen LogP contribution in [0.25, 0.3) is 22.0 Å². The number of rotatable bonds is 5. The van der Waals surface area contributed by atoms with Crippen LogP contribution in [0.5, 0.6) is 0 Å². The lowest BCUT2D eigenvalue weighted by molar-refractivity contribution is -0.0881. The fraction of sp³-hybridized carbons (Fsp3) is 0.231. The van der Waals surface area contributed by atoms with E-state index in [4.69, 9.17) is 0 Å². The zero-order chi connectivity index (χ0) is 24.4. The van der Waals surface area contributed by atoms with Crippen LogP contribution in [-0.2, 0) is 6.54 Å². The Bertz CT molecular complexity index is 1400. The Morgan fingerprint density at radius 3 is 2.74 bits per heavy atom. The molecule has 0 atom stereocenters. The topological polar surface area (TPSA) is 73.9 Å². The van der Waals surface area contributed by atoms with Gasteiger partial charge in [0.1, 0.15) is 0 Å². The number of nitrogens with zero attached hydrogens (tertiary/aromatic N) is 3. The number of aromatic nitrogens is 3. The highest BCUT2D eigenvalue weighted by Crippen LogP contribution is 2.28. The molecule has 5 rings (SSSR count). The number of alkyl halides is 3. The number of carbonyl (C=O) groups excluding carboxylic acids is 1. The zero-order valence-corrected chi connectivity index (χ0v) is 18.7. The van der Waals surface area contributed by atoms with E-state index in [0.717, 1.165) is 54.6 Å². The quantitative estimate of drug-likeness (QED) is 0.505. The molecule has 1 aliphatic heterocycles. The molecule has 0 spiro atoms. The summed E-state index contributed by atoms with van der Waals surface area (Å²) in [4.78, 5) is 19.7. The number of halogens is 3. The Kier molecular flexibility index (Phi) is 6.11. The van der Waals surface area contributed by atoms with Crippen molar-refractivity contribution in [3.05, 3.63) is 89.2 Å². The molecule has 0 unspecified atom stereocenters. The maximum Gasteiger partial charge on any atom is 0.416 e. The van der Waals surface area contributed by atoms with Crippen LogP contribution in [0.15, 0.2) is 78.0 Å². The predicted molar refractivity (Wildman–Crippen MR) is 126 cm³/mol. The van der Waals surface area contributed by atoms with Crippen molar-refractivity contribution in [3.63, 3.8) is 0 Å². The summed E-state index contributed by atoms with van der Waals surface area (Å²) in [7, 11) is 0. The number of H-pyrrole nitrogens is 1. The molecule has 6 nitrogen and oxygen atoms in total. The van der Waals surface area contributed by atoms with E-state index in [0.29, 0.717) is 10.9 Å². The number of amides is 1. The van der Waals surface area contributed by atoms with E-state index in [1.165, 1.54) is 18.9 Å². The first kappa shape index (κ1) is 22.8. The van der Waals surface area contributed by atoms with E-state index in [1.54, 1.807) is 6.20 Å². The molecule has 2 N–H and O–H groups in total. The second-order valence-electron chi connectivity index (χ2n) is 8.53. The molecule has 0 bridgehead atoms. The summed E-state index contributed by atoms with van der Waals surface area (Å²) in [6.45, 7) is 3.04. The first-order chi connectivity index (χ1) is 16.9. The minimum Gasteiger partial charge on any atom is -0.314 e. The summed E-state index contributed by atoms with van der Waals surface area (Å²) < 4.78 is 38.8. The second kappa shape index (κ2) is 9.37. The third kappa shape index (κ3) is 5.11. The van der Waals surface area contributed by atoms with Crippen molar-refractivity contribution in [2.75, 3.05) is 13.1 Å². The standard InChI is InChI=1S/C26H22F3N5O/c27-26(28,29)20-4-3-5-21(8-7-20)31-25(35)24-22-13-18(6-9-23(22)32-33-24)19-12-17(14-30-15-19)16-34-10-1-2-11-34/h3-4,6-9,12-15H,1-2,10-11,16H2,(H,31,35)(H,32,33). The number of nitrogens with one attached hydrogen (secondary N) is 2. The molecule has 0 radical (unpaired) electrons. The van der Waals surface area contributed by atoms with Gasteiger partial charge in [-0.25, -0.2) is 0 Å². The van der Waals surface area contributed by atoms with Gasteiger partial charge in [0.2, 0.25) is 0 Å². The van der Waals surface area contributed by atoms with Gasteiger partial charge in [-0.15, -0.1) is 0 Å². The normalized spacial score (nSPS) is 16.3. The van der Waals surface area contributed by atoms with Gasteiger partial charge in [0.05, 0.1) is 16.8 Å². The van der Waals surface area contributed by atoms with Crippen LogP contribution in [-0.4, -0.2) is 45.3 Å². The Hall–Kier alpha value is -3.94. The van der Waals surface area contributed by atoms with Crippen molar-refractivity contribution in [3.8, 4) is 11.1 Å². The van der Waals surface area contributed by atoms with Crippen LogP contribution in [0.3, 0.4) is 0 Å². The molecule has 178 valence electrons. The summed E-state index contributed by atoms with van der Waals surface area (Å²) >= 11 is 0. The summed E-state index contributed by atoms with van der Waals surface area (Å²) in [5.74, 6) is -0.551. The van der Waals surface area contributed by atoms with E-state index >= 15 is 0 Å². The van der Waals surface area contributed by atoms with Gasteiger partial charge in [-0.1, -0.05) is 11.8 Å². The molecule has 1 fully saturated rings. The number of likely N-dealkylation sites (tertiary alicyclic amines) is 1. The predicted octanol–water partition coefficient (Wildman–Crippen LogP) is 5.05. The Balaban J connectivity index is 1.37. The van der Waals surface area contributed by atoms with Crippen LogP contribution in [0.2, 0.25) is 0 Å². The average Bonchev–Trinajstić information content (AvgIpc) is 3.43. The lowest BCUT2D eigenvalue weighted by atomic mass is 10.0. The third-order valence-corrected chi connectivity index (χ3v) is 6.02. The Morgan fingerprint density at radius 1 is 1.11 bits per heavy atom. The zero-order valence-electron chi connectivity index (χ0n) is 18.7. The maximum atomic E-state index is 12.9. The lowest BCUT2D eigenvalue weighted by Crippen LogP contribution is -2.22. The van der Waals surface area contributed by atoms with E-state index in [1.807, 2.05) is 24.4 Å². The van der Waals surface area contributed by atoms with Crippen molar-refractivity contribution in [2.45, 2.75) is 25.6 Å². The molecule has 3 aromatic rings. The van der Waals surface area contributed by atoms with E-state index in [9.17, 15) is 18.0 Å². The van der Waals surface area contributed by atoms with E-state index < -0.39 is 17.7 Å². The van der Waals surface area contributed by atoms with Gasteiger partial charge in [0.15, 0.2) is 5.69 Å². The molecule has 1 amide bonds. The summed E-state index contributed by atoms with van der Waals surface area (Å²) in [5.41, 5.74) is 5.67. The number of carbonyl (C=O) groups is 1. The largest absolute Gasteiger partial charge is 0.416 e. The highest BCUT2D eigenvalue weighted by Gasteiger charge is 2.31. The van der Waals surface area contributed by atoms with Crippen LogP contribution in [0.1, 0.15) is 28.9 Å². The van der Waals surface area contributed by atoms with E-state index in [-0.39, 0.29) is 11.4 Å². The monoisotopic (exact) mass is 477 g/mol. The number of aromatic amines is 1. The highest BCUT2D eigenvalue weighted by molar-refractivity contribution is 6.06. The number of pyridine rings is 1. The molecule has 1 aromatic carbocycles. The van der Waals surface area contributed by atoms with Crippen molar-refractivity contribution in [2.24, 2.45) is 0 Å². The van der Waals surface area contributed by atoms with Gasteiger partial charge < -0.3 is 5.32 Å². The first-order valence-corrected chi connectivity index (χ1v) is 11.3. The number of fused-ring (bicyclic) bond motifs is 1. The second-order valence-corrected chi connectivity index (χ2v) is 8.53. The van der Waals surface area contributed by atoms with Gasteiger partial charge >= 0.3 is 6.18 Å². The van der Waals surface area contributed by atoms with Gasteiger partial charge in [0.25, 0.3) is 5.91 Å². The van der Waals surface area contributed by atoms with Crippen molar-refractivity contribution < 1.29 is 18.0 Å². The first-order valence-electron chi connectivity index (χ1n) is 11.3. The highest BCUT2D eigenvalue weighted by atomic mass is 19.4. The molecule has 9 heteroatoms. The minimum absolute atomic E-state index is 0.108. The van der Waals surface area contributed by atoms with Crippen molar-refractivity contribution in [1.82, 2.24) is 25.4 Å². The number of benzene rings is 1. The van der Waals surface area contributed by atoms with E-state index in [2.05, 4.69) is 37.2 Å². The maximum absolute atomic E-state index is 12.9. The molecule has 2 aromatic heterocycles. The van der Waals surface area contributed by atoms with Crippen molar-refractivity contribution >= 4 is 16.8 Å². The summed E-state index contributed by atoms with van der Waals surface area (Å²) in [5, 5.41) is 10.1. The fourth-order valence-electron chi connectivity index (χ4n) is 4.24. The fourth-order valence-corrected chi connectivity index (χ4v) is 4.24. The van der Waals surface area contributed by atoms with Crippen LogP contribution >= 0.6 is 0 Å². The molecule has 3 heterocycles. The summed E-state index contributed by atoms with van der Waals surface area (Å²) in [6, 6.07) is 7.73. The number of hydrogen-bond acceptors (Lipinski definition) is 4. The molecule has 1 saturated heterocycles. The number of hydrogen-bond donors (Lipinski definition) is 2. The van der Waals surface area contributed by atoms with Gasteiger partial charge in [-0.3, -0.25) is 19.8 Å². The number of allylic oxidation sites excluding steroid dienone is 4. The lowest BCUT2D eigenvalue weighted by Gasteiger charge is -2.14. The Morgan fingerprint density at radius 2 is 1.94 bits per heavy atom. The van der Waals surface area contributed by atoms with Crippen LogP contribution in [0, 0.1) is 0 Å². The Labute approximate surface area is 199 Å². The van der Waals surface area contributed by atoms with Crippen LogP contribution < -0.4 is 5.32 Å². The average molecular weight is 477 g/mol. The minimum atomic E-state index is -4.48. The SMILES string of the molecule is O=C(NC1=C=CC=C(C(F)(F)F)C=C1)c1n[nH]c2ccc(-c3cncc(CN4CCCC4)c3)cc12. The molecular formula is C26H22F3N5O. The molecule has 2 aliphatic rings. The molecule has 0 saturated carbocycles. The van der Waals surface area contributed by atoms with Crippen molar-refractivity contribution in [1.29, 1.82) is 0 Å². The summed E-state index contributed by atoms with van der Waals surface area (Å²) in [6.07, 6.45) is 5.70. The molecule has 35 heavy (non-hydrogen) atoms. The molecule has 1 aliphatic carbocycles. The smallest absolute Gasteiger partial charge is 0.314 e. The third-order valence-electron chi connectivity index (χ3n) is 6.02. The van der Waals surface area contributed by atoms with Gasteiger partial charge in [-0.2, -0.15) is 18.3 Å². The van der Waals surface area contributed by atoms with Crippen LogP contribution in [0.4, 0.5) is 13.2 Å². The van der Waals surface area contributed by atoms with Gasteiger partial charge in [-0.05, 0) is 79.6 Å².